The van der Waals surface area contributed by atoms with Crippen LogP contribution in [0, 0.1) is 18.7 Å². The van der Waals surface area contributed by atoms with Crippen molar-refractivity contribution in [3.05, 3.63) is 53.9 Å². The first kappa shape index (κ1) is 33.7. The third-order valence-corrected chi connectivity index (χ3v) is 10.2. The summed E-state index contributed by atoms with van der Waals surface area (Å²) in [6, 6.07) is 5.97. The second-order valence-electron chi connectivity index (χ2n) is 14.8. The van der Waals surface area contributed by atoms with Gasteiger partial charge in [0.15, 0.2) is 0 Å². The molecule has 2 bridgehead atoms. The minimum atomic E-state index is -0.633. The van der Waals surface area contributed by atoms with Crippen LogP contribution in [-0.2, 0) is 9.53 Å². The number of rotatable bonds is 6. The second-order valence-corrected chi connectivity index (χ2v) is 14.8. The van der Waals surface area contributed by atoms with Gasteiger partial charge in [0.2, 0.25) is 5.91 Å². The Hall–Kier alpha value is -4.15. The van der Waals surface area contributed by atoms with E-state index >= 15 is 0 Å². The number of halogens is 1. The highest BCUT2D eigenvalue weighted by molar-refractivity contribution is 6.03. The van der Waals surface area contributed by atoms with Crippen molar-refractivity contribution in [1.82, 2.24) is 24.1 Å². The van der Waals surface area contributed by atoms with Crippen LogP contribution < -0.4 is 4.90 Å². The van der Waals surface area contributed by atoms with Crippen LogP contribution in [0.5, 0.6) is 0 Å². The Balaban J connectivity index is 1.27. The number of hydrogen-bond acceptors (Lipinski definition) is 6. The van der Waals surface area contributed by atoms with E-state index < -0.39 is 17.5 Å². The molecule has 5 heterocycles. The van der Waals surface area contributed by atoms with Crippen molar-refractivity contribution in [2.45, 2.75) is 97.9 Å². The van der Waals surface area contributed by atoms with Gasteiger partial charge in [-0.05, 0) is 104 Å². The Kier molecular flexibility index (Phi) is 9.17. The monoisotopic (exact) mass is 660 g/mol. The number of benzene rings is 1. The summed E-state index contributed by atoms with van der Waals surface area (Å²) in [5.41, 5.74) is 2.88. The highest BCUT2D eigenvalue weighted by Gasteiger charge is 2.50. The molecule has 3 saturated heterocycles. The van der Waals surface area contributed by atoms with Gasteiger partial charge in [-0.25, -0.2) is 14.2 Å². The topological polar surface area (TPSA) is 90.7 Å². The average molecular weight is 661 g/mol. The number of carbonyl (C=O) groups excluding carboxylic acids is 3. The van der Waals surface area contributed by atoms with Gasteiger partial charge in [0.05, 0.1) is 23.0 Å². The fourth-order valence-electron chi connectivity index (χ4n) is 7.84. The molecule has 3 amide bonds. The van der Waals surface area contributed by atoms with E-state index in [0.717, 1.165) is 48.3 Å². The molecule has 1 aliphatic carbocycles. The molecule has 1 saturated carbocycles. The van der Waals surface area contributed by atoms with Gasteiger partial charge < -0.3 is 23.8 Å². The van der Waals surface area contributed by atoms with Gasteiger partial charge in [-0.3, -0.25) is 14.5 Å². The van der Waals surface area contributed by atoms with Gasteiger partial charge in [-0.2, -0.15) is 0 Å². The van der Waals surface area contributed by atoms with Crippen LogP contribution in [0.25, 0.3) is 16.6 Å². The molecular weight excluding hydrogens is 611 g/mol. The number of carbonyl (C=O) groups is 3. The molecule has 3 aromatic rings. The summed E-state index contributed by atoms with van der Waals surface area (Å²) >= 11 is 0. The number of piperazine rings is 1. The van der Waals surface area contributed by atoms with Crippen LogP contribution >= 0.6 is 0 Å². The number of pyridine rings is 1. The number of aryl methyl sites for hydroxylation is 1. The van der Waals surface area contributed by atoms with Crippen LogP contribution in [0.2, 0.25) is 0 Å². The maximum absolute atomic E-state index is 14.6. The average Bonchev–Trinajstić information content (AvgIpc) is 3.43. The summed E-state index contributed by atoms with van der Waals surface area (Å²) in [5, 5.41) is 0. The Morgan fingerprint density at radius 3 is 2.33 bits per heavy atom. The van der Waals surface area contributed by atoms with Crippen LogP contribution in [0.1, 0.15) is 83.4 Å². The Morgan fingerprint density at radius 2 is 1.71 bits per heavy atom. The minimum Gasteiger partial charge on any atom is -0.444 e. The first-order valence-corrected chi connectivity index (χ1v) is 17.4. The molecular formula is C37H49FN6O4. The number of amides is 3. The molecule has 4 fully saturated rings. The van der Waals surface area contributed by atoms with E-state index in [1.807, 2.05) is 70.0 Å². The van der Waals surface area contributed by atoms with E-state index in [1.54, 1.807) is 22.1 Å². The van der Waals surface area contributed by atoms with Crippen molar-refractivity contribution in [3.63, 3.8) is 0 Å². The molecule has 0 unspecified atom stereocenters. The maximum atomic E-state index is 14.6. The Labute approximate surface area is 282 Å². The third kappa shape index (κ3) is 6.35. The van der Waals surface area contributed by atoms with Gasteiger partial charge in [0.25, 0.3) is 5.91 Å². The first-order valence-electron chi connectivity index (χ1n) is 17.4. The molecule has 4 aliphatic rings. The van der Waals surface area contributed by atoms with Crippen molar-refractivity contribution in [3.8, 4) is 11.1 Å². The molecule has 258 valence electrons. The molecule has 48 heavy (non-hydrogen) atoms. The summed E-state index contributed by atoms with van der Waals surface area (Å²) in [5.74, 6) is 0.274. The largest absolute Gasteiger partial charge is 0.444 e. The van der Waals surface area contributed by atoms with E-state index in [4.69, 9.17) is 4.74 Å². The van der Waals surface area contributed by atoms with E-state index in [0.29, 0.717) is 43.9 Å². The van der Waals surface area contributed by atoms with E-state index in [1.165, 1.54) is 12.1 Å². The lowest BCUT2D eigenvalue weighted by atomic mass is 9.74. The lowest BCUT2D eigenvalue weighted by molar-refractivity contribution is -0.146. The number of nitrogens with zero attached hydrogens (tertiary/aromatic N) is 6. The minimum absolute atomic E-state index is 0.0107. The number of hydrogen-bond donors (Lipinski definition) is 0. The molecule has 1 atom stereocenters. The van der Waals surface area contributed by atoms with Crippen LogP contribution in [0.4, 0.5) is 14.9 Å². The molecule has 0 spiro atoms. The number of imidazole rings is 1. The second kappa shape index (κ2) is 13.0. The standard InChI is InChI=1S/C37H49FN6O4/c1-8-42(23(2)3)34(45)31-19-26(38)11-14-29(31)30-20-28(22-43-24(4)39-21-32(30)43)40-15-17-41(18-16-40)35(46)33-25-9-12-27(13-10-25)44(33)36(47)48-37(5,6)7/h11,14,19-23,25,27,33H,8-10,12-13,15-18H2,1-7H3/t25?,27?,33-/m1/s1. The van der Waals surface area contributed by atoms with Crippen LogP contribution in [-0.4, -0.2) is 98.4 Å². The molecule has 0 N–H and O–H groups in total. The number of ether oxygens (including phenoxy) is 1. The van der Waals surface area contributed by atoms with Crippen molar-refractivity contribution < 1.29 is 23.5 Å². The fraction of sp³-hybridized carbons (Fsp3) is 0.568. The molecule has 7 rings (SSSR count). The third-order valence-electron chi connectivity index (χ3n) is 10.2. The fourth-order valence-corrected chi connectivity index (χ4v) is 7.84. The zero-order chi connectivity index (χ0) is 34.5. The molecule has 10 nitrogen and oxygen atoms in total. The SMILES string of the molecule is CCN(C(=O)c1cc(F)ccc1-c1cc(N2CCN(C(=O)[C@H]3C4CCC(CC4)N3C(=O)OC(C)(C)C)CC2)cn2c(C)ncc12)C(C)C. The summed E-state index contributed by atoms with van der Waals surface area (Å²) < 4.78 is 22.4. The summed E-state index contributed by atoms with van der Waals surface area (Å²) in [7, 11) is 0. The van der Waals surface area contributed by atoms with Crippen molar-refractivity contribution in [1.29, 1.82) is 0 Å². The number of aromatic nitrogens is 2. The Bertz CT molecular complexity index is 1700. The van der Waals surface area contributed by atoms with Gasteiger partial charge in [0.1, 0.15) is 23.3 Å². The predicted octanol–water partition coefficient (Wildman–Crippen LogP) is 6.15. The van der Waals surface area contributed by atoms with Gasteiger partial charge in [0, 0.05) is 56.6 Å². The van der Waals surface area contributed by atoms with Gasteiger partial charge in [-0.1, -0.05) is 6.07 Å². The number of anilines is 1. The molecule has 0 radical (unpaired) electrons. The van der Waals surface area contributed by atoms with E-state index in [9.17, 15) is 18.8 Å². The number of fused-ring (bicyclic) bond motifs is 4. The highest BCUT2D eigenvalue weighted by Crippen LogP contribution is 2.41. The predicted molar refractivity (Wildman–Crippen MR) is 184 cm³/mol. The number of piperidine rings is 2. The smallest absolute Gasteiger partial charge is 0.411 e. The lowest BCUT2D eigenvalue weighted by Crippen LogP contribution is -2.65. The van der Waals surface area contributed by atoms with E-state index in [-0.39, 0.29) is 35.9 Å². The van der Waals surface area contributed by atoms with Gasteiger partial charge >= 0.3 is 6.09 Å². The first-order chi connectivity index (χ1) is 22.8. The molecule has 2 aromatic heterocycles. The normalized spacial score (nSPS) is 21.3. The summed E-state index contributed by atoms with van der Waals surface area (Å²) in [6.45, 7) is 16.1. The molecule has 11 heteroatoms. The highest BCUT2D eigenvalue weighted by atomic mass is 19.1. The zero-order valence-electron chi connectivity index (χ0n) is 29.3. The lowest BCUT2D eigenvalue weighted by Gasteiger charge is -2.51. The molecule has 1 aromatic carbocycles. The van der Waals surface area contributed by atoms with Crippen molar-refractivity contribution in [2.75, 3.05) is 37.6 Å². The van der Waals surface area contributed by atoms with E-state index in [2.05, 4.69) is 9.88 Å². The van der Waals surface area contributed by atoms with Crippen molar-refractivity contribution >= 4 is 29.1 Å². The van der Waals surface area contributed by atoms with Crippen LogP contribution in [0.3, 0.4) is 0 Å². The maximum Gasteiger partial charge on any atom is 0.411 e. The van der Waals surface area contributed by atoms with Gasteiger partial charge in [-0.15, -0.1) is 0 Å². The van der Waals surface area contributed by atoms with Crippen molar-refractivity contribution in [2.24, 2.45) is 5.92 Å². The molecule has 3 aliphatic heterocycles. The quantitative estimate of drug-likeness (QED) is 0.315. The Morgan fingerprint density at radius 1 is 1.02 bits per heavy atom. The zero-order valence-corrected chi connectivity index (χ0v) is 29.3. The summed E-state index contributed by atoms with van der Waals surface area (Å²) in [4.78, 5) is 53.4. The van der Waals surface area contributed by atoms with Crippen LogP contribution in [0.15, 0.2) is 36.7 Å². The summed E-state index contributed by atoms with van der Waals surface area (Å²) in [6.07, 6.45) is 7.17.